The molecular formula is C17H15N3O. The number of aromatic hydroxyl groups is 1. The monoisotopic (exact) mass is 277 g/mol. The van der Waals surface area contributed by atoms with Crippen LogP contribution in [-0.4, -0.2) is 15.1 Å². The number of nitrogens with zero attached hydrogens (tertiary/aromatic N) is 2. The summed E-state index contributed by atoms with van der Waals surface area (Å²) in [4.78, 5) is 8.46. The van der Waals surface area contributed by atoms with Gasteiger partial charge in [-0.25, -0.2) is 9.97 Å². The van der Waals surface area contributed by atoms with Crippen LogP contribution in [0.25, 0.3) is 11.3 Å². The van der Waals surface area contributed by atoms with E-state index < -0.39 is 0 Å². The Morgan fingerprint density at radius 3 is 2.52 bits per heavy atom. The van der Waals surface area contributed by atoms with Gasteiger partial charge in [0.25, 0.3) is 0 Å². The van der Waals surface area contributed by atoms with Gasteiger partial charge in [0.05, 0.1) is 5.69 Å². The van der Waals surface area contributed by atoms with Crippen molar-refractivity contribution < 1.29 is 5.11 Å². The highest BCUT2D eigenvalue weighted by Crippen LogP contribution is 2.23. The fraction of sp³-hybridized carbons (Fsp3) is 0.0588. The van der Waals surface area contributed by atoms with Gasteiger partial charge in [-0.15, -0.1) is 0 Å². The molecule has 21 heavy (non-hydrogen) atoms. The van der Waals surface area contributed by atoms with Gasteiger partial charge in [0.2, 0.25) is 0 Å². The Labute approximate surface area is 123 Å². The predicted molar refractivity (Wildman–Crippen MR) is 83.6 cm³/mol. The Morgan fingerprint density at radius 1 is 0.952 bits per heavy atom. The molecule has 0 unspecified atom stereocenters. The van der Waals surface area contributed by atoms with E-state index in [1.54, 1.807) is 18.2 Å². The first-order valence-corrected chi connectivity index (χ1v) is 6.66. The summed E-state index contributed by atoms with van der Waals surface area (Å²) in [5.74, 6) is 0.936. The first-order chi connectivity index (χ1) is 10.2. The van der Waals surface area contributed by atoms with Crippen LogP contribution >= 0.6 is 0 Å². The van der Waals surface area contributed by atoms with Gasteiger partial charge in [0, 0.05) is 17.3 Å². The topological polar surface area (TPSA) is 58.0 Å². The van der Waals surface area contributed by atoms with Crippen LogP contribution in [0.2, 0.25) is 0 Å². The molecule has 0 atom stereocenters. The lowest BCUT2D eigenvalue weighted by atomic mass is 10.1. The maximum atomic E-state index is 9.55. The first kappa shape index (κ1) is 13.1. The van der Waals surface area contributed by atoms with E-state index in [-0.39, 0.29) is 5.75 Å². The predicted octanol–water partition coefficient (Wildman–Crippen LogP) is 3.90. The molecule has 2 N–H and O–H groups in total. The van der Waals surface area contributed by atoms with E-state index in [0.29, 0.717) is 5.82 Å². The summed E-state index contributed by atoms with van der Waals surface area (Å²) in [7, 11) is 0. The third-order valence-corrected chi connectivity index (χ3v) is 3.13. The van der Waals surface area contributed by atoms with Crippen LogP contribution in [0.5, 0.6) is 5.75 Å². The smallest absolute Gasteiger partial charge is 0.134 e. The highest BCUT2D eigenvalue weighted by molar-refractivity contribution is 5.66. The van der Waals surface area contributed by atoms with E-state index in [4.69, 9.17) is 0 Å². The van der Waals surface area contributed by atoms with Crippen LogP contribution in [0.1, 0.15) is 5.56 Å². The summed E-state index contributed by atoms with van der Waals surface area (Å²) in [6.45, 7) is 2.05. The SMILES string of the molecule is Cc1ccc(Nc2cc(-c3cccc(O)c3)ncn2)cc1. The Balaban J connectivity index is 1.88. The third kappa shape index (κ3) is 3.17. The lowest BCUT2D eigenvalue weighted by Gasteiger charge is -2.07. The van der Waals surface area contributed by atoms with Crippen molar-refractivity contribution >= 4 is 11.5 Å². The van der Waals surface area contributed by atoms with Crippen molar-refractivity contribution in [2.75, 3.05) is 5.32 Å². The Morgan fingerprint density at radius 2 is 1.76 bits per heavy atom. The van der Waals surface area contributed by atoms with Gasteiger partial charge in [0.15, 0.2) is 0 Å². The Hall–Kier alpha value is -2.88. The maximum Gasteiger partial charge on any atom is 0.134 e. The molecule has 0 aliphatic carbocycles. The zero-order valence-corrected chi connectivity index (χ0v) is 11.6. The van der Waals surface area contributed by atoms with Crippen molar-refractivity contribution in [3.8, 4) is 17.0 Å². The summed E-state index contributed by atoms with van der Waals surface area (Å²) >= 11 is 0. The number of phenolic OH excluding ortho intramolecular Hbond substituents is 1. The van der Waals surface area contributed by atoms with Crippen LogP contribution in [0, 0.1) is 6.92 Å². The van der Waals surface area contributed by atoms with Crippen LogP contribution < -0.4 is 5.32 Å². The second-order valence-corrected chi connectivity index (χ2v) is 4.83. The van der Waals surface area contributed by atoms with Crippen molar-refractivity contribution in [2.24, 2.45) is 0 Å². The number of aromatic nitrogens is 2. The molecule has 0 saturated heterocycles. The summed E-state index contributed by atoms with van der Waals surface area (Å²) in [5, 5.41) is 12.8. The van der Waals surface area contributed by atoms with Crippen molar-refractivity contribution in [3.05, 3.63) is 66.5 Å². The molecule has 104 valence electrons. The van der Waals surface area contributed by atoms with Crippen molar-refractivity contribution in [3.63, 3.8) is 0 Å². The number of anilines is 2. The van der Waals surface area contributed by atoms with Gasteiger partial charge >= 0.3 is 0 Å². The van der Waals surface area contributed by atoms with Crippen molar-refractivity contribution in [1.82, 2.24) is 9.97 Å². The molecule has 1 heterocycles. The second kappa shape index (κ2) is 5.63. The molecular weight excluding hydrogens is 262 g/mol. The summed E-state index contributed by atoms with van der Waals surface area (Å²) in [6.07, 6.45) is 1.51. The van der Waals surface area contributed by atoms with E-state index in [0.717, 1.165) is 16.9 Å². The molecule has 0 aliphatic heterocycles. The molecule has 3 rings (SSSR count). The lowest BCUT2D eigenvalue weighted by molar-refractivity contribution is 0.475. The van der Waals surface area contributed by atoms with E-state index >= 15 is 0 Å². The van der Waals surface area contributed by atoms with Crippen LogP contribution in [-0.2, 0) is 0 Å². The molecule has 0 fully saturated rings. The fourth-order valence-corrected chi connectivity index (χ4v) is 2.03. The van der Waals surface area contributed by atoms with Crippen molar-refractivity contribution in [2.45, 2.75) is 6.92 Å². The van der Waals surface area contributed by atoms with E-state index in [9.17, 15) is 5.11 Å². The Bertz CT molecular complexity index is 754. The molecule has 0 radical (unpaired) electrons. The molecule has 0 saturated carbocycles. The van der Waals surface area contributed by atoms with Crippen LogP contribution in [0.15, 0.2) is 60.9 Å². The minimum Gasteiger partial charge on any atom is -0.508 e. The molecule has 3 aromatic rings. The number of hydrogen-bond acceptors (Lipinski definition) is 4. The molecule has 0 amide bonds. The number of aryl methyl sites for hydroxylation is 1. The fourth-order valence-electron chi connectivity index (χ4n) is 2.03. The van der Waals surface area contributed by atoms with Gasteiger partial charge in [-0.1, -0.05) is 29.8 Å². The first-order valence-electron chi connectivity index (χ1n) is 6.66. The molecule has 0 bridgehead atoms. The molecule has 0 aliphatic rings. The molecule has 2 aromatic carbocycles. The van der Waals surface area contributed by atoms with Gasteiger partial charge in [0.1, 0.15) is 17.9 Å². The van der Waals surface area contributed by atoms with Gasteiger partial charge in [-0.3, -0.25) is 0 Å². The molecule has 4 nitrogen and oxygen atoms in total. The van der Waals surface area contributed by atoms with E-state index in [1.165, 1.54) is 11.9 Å². The van der Waals surface area contributed by atoms with Gasteiger partial charge < -0.3 is 10.4 Å². The molecule has 0 spiro atoms. The number of hydrogen-bond donors (Lipinski definition) is 2. The molecule has 1 aromatic heterocycles. The maximum absolute atomic E-state index is 9.55. The van der Waals surface area contributed by atoms with Gasteiger partial charge in [-0.2, -0.15) is 0 Å². The lowest BCUT2D eigenvalue weighted by Crippen LogP contribution is -1.95. The second-order valence-electron chi connectivity index (χ2n) is 4.83. The average Bonchev–Trinajstić information content (AvgIpc) is 2.50. The zero-order chi connectivity index (χ0) is 14.7. The largest absolute Gasteiger partial charge is 0.508 e. The average molecular weight is 277 g/mol. The number of rotatable bonds is 3. The number of nitrogens with one attached hydrogen (secondary N) is 1. The van der Waals surface area contributed by atoms with E-state index in [1.807, 2.05) is 36.4 Å². The van der Waals surface area contributed by atoms with Crippen molar-refractivity contribution in [1.29, 1.82) is 0 Å². The normalized spacial score (nSPS) is 10.3. The summed E-state index contributed by atoms with van der Waals surface area (Å²) in [5.41, 5.74) is 3.80. The van der Waals surface area contributed by atoms with Crippen LogP contribution in [0.3, 0.4) is 0 Å². The standard InChI is InChI=1S/C17H15N3O/c1-12-5-7-14(8-6-12)20-17-10-16(18-11-19-17)13-3-2-4-15(21)9-13/h2-11,21H,1H3,(H,18,19,20). The van der Waals surface area contributed by atoms with Gasteiger partial charge in [-0.05, 0) is 31.2 Å². The molecule has 4 heteroatoms. The Kier molecular flexibility index (Phi) is 3.51. The highest BCUT2D eigenvalue weighted by atomic mass is 16.3. The summed E-state index contributed by atoms with van der Waals surface area (Å²) in [6, 6.07) is 17.0. The zero-order valence-electron chi connectivity index (χ0n) is 11.6. The number of benzene rings is 2. The highest BCUT2D eigenvalue weighted by Gasteiger charge is 2.03. The van der Waals surface area contributed by atoms with Crippen LogP contribution in [0.4, 0.5) is 11.5 Å². The van der Waals surface area contributed by atoms with E-state index in [2.05, 4.69) is 22.2 Å². The summed E-state index contributed by atoms with van der Waals surface area (Å²) < 4.78 is 0. The number of phenols is 1. The minimum absolute atomic E-state index is 0.221. The quantitative estimate of drug-likeness (QED) is 0.762. The minimum atomic E-state index is 0.221. The third-order valence-electron chi connectivity index (χ3n) is 3.13.